The van der Waals surface area contributed by atoms with Crippen LogP contribution in [0.15, 0.2) is 36.4 Å². The first-order valence-electron chi connectivity index (χ1n) is 11.3. The largest absolute Gasteiger partial charge is 0.491 e. The van der Waals surface area contributed by atoms with E-state index in [0.29, 0.717) is 5.92 Å². The third-order valence-electron chi connectivity index (χ3n) is 6.13. The van der Waals surface area contributed by atoms with Gasteiger partial charge in [0.05, 0.1) is 12.2 Å². The van der Waals surface area contributed by atoms with Gasteiger partial charge in [0, 0.05) is 5.56 Å². The second kappa shape index (κ2) is 11.2. The summed E-state index contributed by atoms with van der Waals surface area (Å²) in [5.41, 5.74) is 2.22. The minimum absolute atomic E-state index is 0.0430. The second-order valence-electron chi connectivity index (χ2n) is 8.26. The summed E-state index contributed by atoms with van der Waals surface area (Å²) in [6.45, 7) is 4.28. The topological polar surface area (TPSA) is 9.23 Å². The molecule has 0 atom stereocenters. The van der Waals surface area contributed by atoms with Crippen LogP contribution in [0.4, 0.5) is 8.78 Å². The Morgan fingerprint density at radius 1 is 0.867 bits per heavy atom. The van der Waals surface area contributed by atoms with Crippen molar-refractivity contribution in [2.75, 3.05) is 6.61 Å². The first kappa shape index (κ1) is 22.3. The molecule has 2 aromatic rings. The Kier molecular flexibility index (Phi) is 8.31. The van der Waals surface area contributed by atoms with Gasteiger partial charge in [-0.1, -0.05) is 56.6 Å². The zero-order chi connectivity index (χ0) is 21.3. The maximum atomic E-state index is 14.2. The van der Waals surface area contributed by atoms with Crippen LogP contribution in [-0.2, 0) is 0 Å². The van der Waals surface area contributed by atoms with Crippen molar-refractivity contribution in [3.63, 3.8) is 0 Å². The highest BCUT2D eigenvalue weighted by molar-refractivity contribution is 5.46. The average Bonchev–Trinajstić information content (AvgIpc) is 2.78. The molecule has 30 heavy (non-hydrogen) atoms. The maximum Gasteiger partial charge on any atom is 0.201 e. The van der Waals surface area contributed by atoms with Crippen LogP contribution >= 0.6 is 0 Å². The molecule has 0 saturated heterocycles. The number of hydrogen-bond acceptors (Lipinski definition) is 1. The fraction of sp³-hybridized carbons (Fsp3) is 0.481. The van der Waals surface area contributed by atoms with Crippen LogP contribution in [-0.4, -0.2) is 6.61 Å². The molecular formula is C27H32F2O. The molecule has 0 aliphatic heterocycles. The van der Waals surface area contributed by atoms with Gasteiger partial charge in [-0.25, -0.2) is 4.39 Å². The Hall–Kier alpha value is -2.34. The molecule has 0 bridgehead atoms. The van der Waals surface area contributed by atoms with Crippen molar-refractivity contribution in [1.29, 1.82) is 0 Å². The average molecular weight is 411 g/mol. The van der Waals surface area contributed by atoms with Gasteiger partial charge in [0.2, 0.25) is 5.82 Å². The van der Waals surface area contributed by atoms with E-state index in [1.807, 2.05) is 12.1 Å². The van der Waals surface area contributed by atoms with Gasteiger partial charge in [-0.15, -0.1) is 0 Å². The maximum absolute atomic E-state index is 14.2. The van der Waals surface area contributed by atoms with Gasteiger partial charge in [0.1, 0.15) is 0 Å². The van der Waals surface area contributed by atoms with E-state index in [2.05, 4.69) is 30.9 Å². The highest BCUT2D eigenvalue weighted by Gasteiger charge is 2.21. The van der Waals surface area contributed by atoms with E-state index in [9.17, 15) is 8.78 Å². The van der Waals surface area contributed by atoms with Gasteiger partial charge < -0.3 is 4.74 Å². The minimum atomic E-state index is -0.982. The number of halogens is 2. The normalized spacial score (nSPS) is 18.5. The lowest BCUT2D eigenvalue weighted by molar-refractivity contribution is 0.303. The number of ether oxygens (including phenoxy) is 1. The molecule has 0 unspecified atom stereocenters. The van der Waals surface area contributed by atoms with Crippen molar-refractivity contribution in [2.24, 2.45) is 5.92 Å². The van der Waals surface area contributed by atoms with Gasteiger partial charge in [-0.05, 0) is 74.3 Å². The summed E-state index contributed by atoms with van der Waals surface area (Å²) in [7, 11) is 0. The molecule has 0 amide bonds. The summed E-state index contributed by atoms with van der Waals surface area (Å²) < 4.78 is 33.2. The van der Waals surface area contributed by atoms with Gasteiger partial charge in [0.25, 0.3) is 0 Å². The van der Waals surface area contributed by atoms with E-state index in [1.165, 1.54) is 69.1 Å². The molecule has 0 spiro atoms. The van der Waals surface area contributed by atoms with Crippen molar-refractivity contribution < 1.29 is 13.5 Å². The first-order chi connectivity index (χ1) is 14.6. The molecule has 1 aliphatic rings. The third-order valence-corrected chi connectivity index (χ3v) is 6.13. The highest BCUT2D eigenvalue weighted by Crippen LogP contribution is 2.37. The Labute approximate surface area is 179 Å². The number of hydrogen-bond donors (Lipinski definition) is 0. The van der Waals surface area contributed by atoms with Crippen LogP contribution in [0.1, 0.15) is 87.8 Å². The van der Waals surface area contributed by atoms with Gasteiger partial charge in [-0.2, -0.15) is 4.39 Å². The Balaban J connectivity index is 1.59. The molecule has 1 fully saturated rings. The summed E-state index contributed by atoms with van der Waals surface area (Å²) in [5.74, 6) is 5.21. The van der Waals surface area contributed by atoms with Crippen LogP contribution in [0.25, 0.3) is 0 Å². The molecule has 2 aromatic carbocycles. The van der Waals surface area contributed by atoms with E-state index in [1.54, 1.807) is 6.92 Å². The minimum Gasteiger partial charge on any atom is -0.491 e. The second-order valence-corrected chi connectivity index (χ2v) is 8.26. The third kappa shape index (κ3) is 5.85. The summed E-state index contributed by atoms with van der Waals surface area (Å²) in [6, 6.07) is 11.1. The van der Waals surface area contributed by atoms with Crippen LogP contribution in [0.2, 0.25) is 0 Å². The standard InChI is InChI=1S/C27H32F2O/c1-3-5-6-7-20-8-13-22(14-9-20)23-15-10-21(11-16-23)12-17-24-18-19-25(30-4-2)27(29)26(24)28/h10-11,15-16,18-20,22H,3-9,13-14H2,1-2H3/t20-,22-. The highest BCUT2D eigenvalue weighted by atomic mass is 19.2. The van der Waals surface area contributed by atoms with Gasteiger partial charge in [-0.3, -0.25) is 0 Å². The number of rotatable bonds is 7. The Morgan fingerprint density at radius 3 is 2.27 bits per heavy atom. The molecule has 0 heterocycles. The van der Waals surface area contributed by atoms with Crippen molar-refractivity contribution >= 4 is 0 Å². The van der Waals surface area contributed by atoms with E-state index in [0.717, 1.165) is 11.5 Å². The monoisotopic (exact) mass is 410 g/mol. The van der Waals surface area contributed by atoms with Gasteiger partial charge in [0.15, 0.2) is 11.6 Å². The molecular weight excluding hydrogens is 378 g/mol. The van der Waals surface area contributed by atoms with Crippen molar-refractivity contribution in [3.8, 4) is 17.6 Å². The van der Waals surface area contributed by atoms with Crippen molar-refractivity contribution in [2.45, 2.75) is 71.1 Å². The molecule has 0 aromatic heterocycles. The predicted octanol–water partition coefficient (Wildman–Crippen LogP) is 7.62. The zero-order valence-corrected chi connectivity index (χ0v) is 18.1. The zero-order valence-electron chi connectivity index (χ0n) is 18.1. The SMILES string of the molecule is CCCCC[C@H]1CC[C@H](c2ccc(C#Cc3ccc(OCC)c(F)c3F)cc2)CC1. The fourth-order valence-corrected chi connectivity index (χ4v) is 4.34. The Morgan fingerprint density at radius 2 is 1.60 bits per heavy atom. The molecule has 1 nitrogen and oxygen atoms in total. The van der Waals surface area contributed by atoms with Gasteiger partial charge >= 0.3 is 0 Å². The molecule has 0 radical (unpaired) electrons. The van der Waals surface area contributed by atoms with Crippen LogP contribution in [0.5, 0.6) is 5.75 Å². The summed E-state index contributed by atoms with van der Waals surface area (Å²) in [4.78, 5) is 0. The first-order valence-corrected chi connectivity index (χ1v) is 11.3. The van der Waals surface area contributed by atoms with Crippen molar-refractivity contribution in [1.82, 2.24) is 0 Å². The van der Waals surface area contributed by atoms with Crippen LogP contribution < -0.4 is 4.74 Å². The molecule has 0 N–H and O–H groups in total. The van der Waals surface area contributed by atoms with Crippen LogP contribution in [0, 0.1) is 29.4 Å². The summed E-state index contributed by atoms with van der Waals surface area (Å²) in [6.07, 6.45) is 10.6. The fourth-order valence-electron chi connectivity index (χ4n) is 4.34. The number of benzene rings is 2. The number of unbranched alkanes of at least 4 members (excludes halogenated alkanes) is 2. The molecule has 1 saturated carbocycles. The lowest BCUT2D eigenvalue weighted by atomic mass is 9.77. The lowest BCUT2D eigenvalue weighted by Crippen LogP contribution is -2.13. The quantitative estimate of drug-likeness (QED) is 0.337. The summed E-state index contributed by atoms with van der Waals surface area (Å²) in [5, 5.41) is 0. The molecule has 3 rings (SSSR count). The molecule has 3 heteroatoms. The van der Waals surface area contributed by atoms with Crippen LogP contribution in [0.3, 0.4) is 0 Å². The Bertz CT molecular complexity index is 868. The van der Waals surface area contributed by atoms with Crippen molar-refractivity contribution in [3.05, 3.63) is 64.7 Å². The van der Waals surface area contributed by atoms with E-state index in [4.69, 9.17) is 4.74 Å². The molecule has 1 aliphatic carbocycles. The van der Waals surface area contributed by atoms with E-state index in [-0.39, 0.29) is 17.9 Å². The summed E-state index contributed by atoms with van der Waals surface area (Å²) >= 11 is 0. The smallest absolute Gasteiger partial charge is 0.201 e. The molecule has 160 valence electrons. The van der Waals surface area contributed by atoms with E-state index < -0.39 is 11.6 Å². The predicted molar refractivity (Wildman–Crippen MR) is 119 cm³/mol. The lowest BCUT2D eigenvalue weighted by Gasteiger charge is -2.29. The van der Waals surface area contributed by atoms with E-state index >= 15 is 0 Å².